The van der Waals surface area contributed by atoms with Crippen molar-refractivity contribution in [3.05, 3.63) is 59.1 Å². The Labute approximate surface area is 197 Å². The Morgan fingerprint density at radius 2 is 1.44 bits per heavy atom. The van der Waals surface area contributed by atoms with Gasteiger partial charge in [-0.05, 0) is 49.0 Å². The SMILES string of the molecule is CN1CCN(c2ccc(C3CN(C(=O)C(C)(C)C)CCN3c3ccc(Cl)cc3)cc2)CC1. The van der Waals surface area contributed by atoms with Gasteiger partial charge in [0.25, 0.3) is 0 Å². The summed E-state index contributed by atoms with van der Waals surface area (Å²) in [6.07, 6.45) is 0. The van der Waals surface area contributed by atoms with Gasteiger partial charge >= 0.3 is 0 Å². The van der Waals surface area contributed by atoms with Gasteiger partial charge in [-0.15, -0.1) is 0 Å². The van der Waals surface area contributed by atoms with Crippen LogP contribution in [-0.2, 0) is 4.79 Å². The minimum Gasteiger partial charge on any atom is -0.369 e. The molecule has 2 aromatic rings. The van der Waals surface area contributed by atoms with Crippen LogP contribution in [0.15, 0.2) is 48.5 Å². The first-order valence-corrected chi connectivity index (χ1v) is 12.0. The van der Waals surface area contributed by atoms with Crippen LogP contribution in [0.3, 0.4) is 0 Å². The largest absolute Gasteiger partial charge is 0.369 e. The van der Waals surface area contributed by atoms with Gasteiger partial charge in [0.2, 0.25) is 5.91 Å². The van der Waals surface area contributed by atoms with Crippen LogP contribution in [0, 0.1) is 5.41 Å². The summed E-state index contributed by atoms with van der Waals surface area (Å²) < 4.78 is 0. The Bertz CT molecular complexity index is 914. The maximum atomic E-state index is 13.1. The number of anilines is 2. The number of hydrogen-bond acceptors (Lipinski definition) is 4. The topological polar surface area (TPSA) is 30.0 Å². The molecule has 1 amide bonds. The molecule has 2 saturated heterocycles. The van der Waals surface area contributed by atoms with Crippen molar-refractivity contribution in [1.29, 1.82) is 0 Å². The second-order valence-electron chi connectivity index (χ2n) is 10.1. The van der Waals surface area contributed by atoms with Crippen LogP contribution < -0.4 is 9.80 Å². The average Bonchev–Trinajstić information content (AvgIpc) is 2.79. The van der Waals surface area contributed by atoms with E-state index < -0.39 is 0 Å². The summed E-state index contributed by atoms with van der Waals surface area (Å²) in [7, 11) is 2.18. The van der Waals surface area contributed by atoms with Crippen LogP contribution >= 0.6 is 11.6 Å². The second kappa shape index (κ2) is 9.32. The summed E-state index contributed by atoms with van der Waals surface area (Å²) in [5.74, 6) is 0.215. The minimum atomic E-state index is -0.377. The fourth-order valence-electron chi connectivity index (χ4n) is 4.64. The van der Waals surface area contributed by atoms with E-state index in [9.17, 15) is 4.79 Å². The molecule has 5 nitrogen and oxygen atoms in total. The maximum Gasteiger partial charge on any atom is 0.228 e. The van der Waals surface area contributed by atoms with E-state index >= 15 is 0 Å². The van der Waals surface area contributed by atoms with Crippen molar-refractivity contribution in [2.75, 3.05) is 62.7 Å². The highest BCUT2D eigenvalue weighted by Crippen LogP contribution is 2.34. The summed E-state index contributed by atoms with van der Waals surface area (Å²) in [5.41, 5.74) is 3.28. The van der Waals surface area contributed by atoms with Gasteiger partial charge < -0.3 is 19.6 Å². The van der Waals surface area contributed by atoms with Gasteiger partial charge in [0.1, 0.15) is 0 Å². The fraction of sp³-hybridized carbons (Fsp3) is 0.500. The number of benzene rings is 2. The average molecular weight is 455 g/mol. The molecule has 0 bridgehead atoms. The third-order valence-electron chi connectivity index (χ3n) is 6.61. The Kier molecular flexibility index (Phi) is 6.68. The molecule has 1 unspecified atom stereocenters. The third kappa shape index (κ3) is 5.05. The number of piperazine rings is 2. The normalized spacial score (nSPS) is 20.5. The molecule has 172 valence electrons. The van der Waals surface area contributed by atoms with E-state index in [4.69, 9.17) is 11.6 Å². The number of hydrogen-bond donors (Lipinski definition) is 0. The standard InChI is InChI=1S/C26H35ClN4O/c1-26(2,3)25(32)30-17-18-31(23-11-7-21(27)8-12-23)24(19-30)20-5-9-22(10-6-20)29-15-13-28(4)14-16-29/h5-12,24H,13-19H2,1-4H3. The van der Waals surface area contributed by atoms with Crippen molar-refractivity contribution >= 4 is 28.9 Å². The molecule has 32 heavy (non-hydrogen) atoms. The maximum absolute atomic E-state index is 13.1. The van der Waals surface area contributed by atoms with Crippen LogP contribution in [-0.4, -0.2) is 68.6 Å². The molecule has 2 aromatic carbocycles. The molecular weight excluding hydrogens is 420 g/mol. The summed E-state index contributed by atoms with van der Waals surface area (Å²) >= 11 is 6.14. The lowest BCUT2D eigenvalue weighted by Gasteiger charge is -2.44. The molecule has 2 fully saturated rings. The first-order valence-electron chi connectivity index (χ1n) is 11.6. The highest BCUT2D eigenvalue weighted by Gasteiger charge is 2.35. The summed E-state index contributed by atoms with van der Waals surface area (Å²) in [4.78, 5) is 22.3. The van der Waals surface area contributed by atoms with Gasteiger partial charge in [-0.25, -0.2) is 0 Å². The number of amides is 1. The predicted molar refractivity (Wildman–Crippen MR) is 134 cm³/mol. The van der Waals surface area contributed by atoms with Gasteiger partial charge in [0.05, 0.1) is 6.04 Å². The highest BCUT2D eigenvalue weighted by atomic mass is 35.5. The van der Waals surface area contributed by atoms with E-state index in [1.165, 1.54) is 11.3 Å². The van der Waals surface area contributed by atoms with Crippen molar-refractivity contribution in [1.82, 2.24) is 9.80 Å². The molecular formula is C26H35ClN4O. The summed E-state index contributed by atoms with van der Waals surface area (Å²) in [6.45, 7) is 12.5. The van der Waals surface area contributed by atoms with Crippen molar-refractivity contribution in [3.63, 3.8) is 0 Å². The van der Waals surface area contributed by atoms with Crippen LogP contribution in [0.25, 0.3) is 0 Å². The first-order chi connectivity index (χ1) is 15.2. The number of likely N-dealkylation sites (N-methyl/N-ethyl adjacent to an activating group) is 1. The fourth-order valence-corrected chi connectivity index (χ4v) is 4.77. The van der Waals surface area contributed by atoms with Crippen molar-refractivity contribution in [2.24, 2.45) is 5.41 Å². The third-order valence-corrected chi connectivity index (χ3v) is 6.87. The van der Waals surface area contributed by atoms with Gasteiger partial charge in [-0.3, -0.25) is 4.79 Å². The number of halogens is 1. The molecule has 6 heteroatoms. The quantitative estimate of drug-likeness (QED) is 0.681. The molecule has 0 radical (unpaired) electrons. The van der Waals surface area contributed by atoms with Crippen LogP contribution in [0.5, 0.6) is 0 Å². The van der Waals surface area contributed by atoms with Gasteiger partial charge in [0, 0.05) is 67.6 Å². The Morgan fingerprint density at radius 1 is 0.844 bits per heavy atom. The van der Waals surface area contributed by atoms with Crippen molar-refractivity contribution in [3.8, 4) is 0 Å². The van der Waals surface area contributed by atoms with Crippen molar-refractivity contribution in [2.45, 2.75) is 26.8 Å². The molecule has 2 heterocycles. The molecule has 0 saturated carbocycles. The summed E-state index contributed by atoms with van der Waals surface area (Å²) in [6, 6.07) is 17.1. The monoisotopic (exact) mass is 454 g/mol. The van der Waals surface area contributed by atoms with Crippen LogP contribution in [0.4, 0.5) is 11.4 Å². The number of rotatable bonds is 3. The lowest BCUT2D eigenvalue weighted by Crippen LogP contribution is -2.53. The Balaban J connectivity index is 1.59. The van der Waals surface area contributed by atoms with Gasteiger partial charge in [-0.2, -0.15) is 0 Å². The zero-order chi connectivity index (χ0) is 22.9. The van der Waals surface area contributed by atoms with Gasteiger partial charge in [0.15, 0.2) is 0 Å². The molecule has 2 aliphatic heterocycles. The van der Waals surface area contributed by atoms with Gasteiger partial charge in [-0.1, -0.05) is 44.5 Å². The molecule has 0 aliphatic carbocycles. The molecule has 0 N–H and O–H groups in total. The van der Waals surface area contributed by atoms with Crippen molar-refractivity contribution < 1.29 is 4.79 Å². The lowest BCUT2D eigenvalue weighted by atomic mass is 9.93. The Hall–Kier alpha value is -2.24. The van der Waals surface area contributed by atoms with E-state index in [0.29, 0.717) is 6.54 Å². The van der Waals surface area contributed by atoms with E-state index in [1.54, 1.807) is 0 Å². The van der Waals surface area contributed by atoms with Crippen LogP contribution in [0.1, 0.15) is 32.4 Å². The predicted octanol–water partition coefficient (Wildman–Crippen LogP) is 4.53. The van der Waals surface area contributed by atoms with E-state index in [-0.39, 0.29) is 17.4 Å². The Morgan fingerprint density at radius 3 is 2.03 bits per heavy atom. The second-order valence-corrected chi connectivity index (χ2v) is 10.5. The van der Waals surface area contributed by atoms with Crippen LogP contribution in [0.2, 0.25) is 5.02 Å². The van der Waals surface area contributed by atoms with E-state index in [0.717, 1.165) is 50.0 Å². The molecule has 0 aromatic heterocycles. The lowest BCUT2D eigenvalue weighted by molar-refractivity contribution is -0.140. The molecule has 0 spiro atoms. The number of carbonyl (C=O) groups is 1. The molecule has 1 atom stereocenters. The highest BCUT2D eigenvalue weighted by molar-refractivity contribution is 6.30. The smallest absolute Gasteiger partial charge is 0.228 e. The summed E-state index contributed by atoms with van der Waals surface area (Å²) in [5, 5.41) is 0.739. The number of carbonyl (C=O) groups excluding carboxylic acids is 1. The first kappa shape index (κ1) is 22.9. The van der Waals surface area contributed by atoms with E-state index in [2.05, 4.69) is 58.1 Å². The number of nitrogens with zero attached hydrogens (tertiary/aromatic N) is 4. The molecule has 4 rings (SSSR count). The minimum absolute atomic E-state index is 0.109. The molecule has 2 aliphatic rings. The zero-order valence-electron chi connectivity index (χ0n) is 19.7. The van der Waals surface area contributed by atoms with E-state index in [1.807, 2.05) is 37.8 Å². The zero-order valence-corrected chi connectivity index (χ0v) is 20.5.